The largest absolute Gasteiger partial charge is 0.469 e. The highest BCUT2D eigenvalue weighted by atomic mass is 16.3. The predicted octanol–water partition coefficient (Wildman–Crippen LogP) is 0.890. The molecule has 0 bridgehead atoms. The lowest BCUT2D eigenvalue weighted by Crippen LogP contribution is -2.23. The first-order valence-electron chi connectivity index (χ1n) is 5.00. The van der Waals surface area contributed by atoms with Crippen molar-refractivity contribution in [3.8, 4) is 0 Å². The van der Waals surface area contributed by atoms with Gasteiger partial charge < -0.3 is 9.73 Å². The van der Waals surface area contributed by atoms with E-state index < -0.39 is 0 Å². The summed E-state index contributed by atoms with van der Waals surface area (Å²) in [6.45, 7) is 2.26. The normalized spacial score (nSPS) is 10.3. The molecule has 2 aromatic rings. The van der Waals surface area contributed by atoms with E-state index in [0.29, 0.717) is 30.1 Å². The van der Waals surface area contributed by atoms with Crippen LogP contribution in [0.1, 0.15) is 28.9 Å². The highest BCUT2D eigenvalue weighted by molar-refractivity contribution is 5.95. The van der Waals surface area contributed by atoms with E-state index in [-0.39, 0.29) is 5.91 Å². The Morgan fingerprint density at radius 3 is 3.19 bits per heavy atom. The summed E-state index contributed by atoms with van der Waals surface area (Å²) in [4.78, 5) is 15.7. The van der Waals surface area contributed by atoms with Gasteiger partial charge in [0.1, 0.15) is 17.9 Å². The Kier molecular flexibility index (Phi) is 3.00. The van der Waals surface area contributed by atoms with E-state index in [1.165, 1.54) is 12.6 Å². The molecule has 0 aliphatic heterocycles. The molecule has 16 heavy (non-hydrogen) atoms. The maximum atomic E-state index is 11.7. The minimum atomic E-state index is -0.165. The first kappa shape index (κ1) is 10.4. The minimum absolute atomic E-state index is 0.165. The summed E-state index contributed by atoms with van der Waals surface area (Å²) >= 11 is 0. The SMILES string of the molecule is CCc1occc1C(=O)NCc1ncn[nH]1. The molecule has 0 spiro atoms. The quantitative estimate of drug-likeness (QED) is 0.801. The van der Waals surface area contributed by atoms with E-state index in [2.05, 4.69) is 20.5 Å². The third-order valence-electron chi connectivity index (χ3n) is 2.19. The van der Waals surface area contributed by atoms with E-state index >= 15 is 0 Å². The van der Waals surface area contributed by atoms with Crippen molar-refractivity contribution in [2.45, 2.75) is 19.9 Å². The molecule has 2 aromatic heterocycles. The lowest BCUT2D eigenvalue weighted by atomic mass is 10.2. The lowest BCUT2D eigenvalue weighted by Gasteiger charge is -2.02. The van der Waals surface area contributed by atoms with E-state index in [0.717, 1.165) is 0 Å². The molecule has 6 heteroatoms. The van der Waals surface area contributed by atoms with Gasteiger partial charge in [-0.3, -0.25) is 9.89 Å². The Labute approximate surface area is 92.1 Å². The summed E-state index contributed by atoms with van der Waals surface area (Å²) in [6, 6.07) is 1.66. The summed E-state index contributed by atoms with van der Waals surface area (Å²) in [7, 11) is 0. The van der Waals surface area contributed by atoms with Gasteiger partial charge in [0.15, 0.2) is 0 Å². The van der Waals surface area contributed by atoms with Gasteiger partial charge in [-0.2, -0.15) is 5.10 Å². The van der Waals surface area contributed by atoms with Crippen molar-refractivity contribution in [1.82, 2.24) is 20.5 Å². The minimum Gasteiger partial charge on any atom is -0.469 e. The average molecular weight is 220 g/mol. The number of hydrogen-bond donors (Lipinski definition) is 2. The number of amides is 1. The van der Waals surface area contributed by atoms with E-state index in [9.17, 15) is 4.79 Å². The molecular weight excluding hydrogens is 208 g/mol. The van der Waals surface area contributed by atoms with Gasteiger partial charge in [-0.1, -0.05) is 6.92 Å². The molecule has 6 nitrogen and oxygen atoms in total. The van der Waals surface area contributed by atoms with Crippen molar-refractivity contribution in [3.63, 3.8) is 0 Å². The van der Waals surface area contributed by atoms with Crippen LogP contribution in [0.15, 0.2) is 23.1 Å². The van der Waals surface area contributed by atoms with Crippen LogP contribution < -0.4 is 5.32 Å². The number of carbonyl (C=O) groups is 1. The fourth-order valence-electron chi connectivity index (χ4n) is 1.39. The van der Waals surface area contributed by atoms with Crippen LogP contribution in [0.2, 0.25) is 0 Å². The van der Waals surface area contributed by atoms with Crippen LogP contribution in [-0.4, -0.2) is 21.1 Å². The molecular formula is C10H12N4O2. The van der Waals surface area contributed by atoms with Crippen molar-refractivity contribution < 1.29 is 9.21 Å². The van der Waals surface area contributed by atoms with E-state index in [1.54, 1.807) is 6.07 Å². The number of nitrogens with zero attached hydrogens (tertiary/aromatic N) is 2. The number of aryl methyl sites for hydroxylation is 1. The highest BCUT2D eigenvalue weighted by Gasteiger charge is 2.12. The van der Waals surface area contributed by atoms with Crippen molar-refractivity contribution >= 4 is 5.91 Å². The molecule has 1 amide bonds. The van der Waals surface area contributed by atoms with Gasteiger partial charge in [-0.25, -0.2) is 4.98 Å². The van der Waals surface area contributed by atoms with Crippen LogP contribution in [0.4, 0.5) is 0 Å². The third-order valence-corrected chi connectivity index (χ3v) is 2.19. The van der Waals surface area contributed by atoms with Crippen LogP contribution in [0.5, 0.6) is 0 Å². The number of aromatic nitrogens is 3. The average Bonchev–Trinajstić information content (AvgIpc) is 2.96. The number of carbonyl (C=O) groups excluding carboxylic acids is 1. The molecule has 0 aliphatic rings. The van der Waals surface area contributed by atoms with Gasteiger partial charge in [0, 0.05) is 6.42 Å². The number of H-pyrrole nitrogens is 1. The summed E-state index contributed by atoms with van der Waals surface area (Å²) in [5.41, 5.74) is 0.571. The molecule has 0 saturated carbocycles. The Bertz CT molecular complexity index is 461. The van der Waals surface area contributed by atoms with E-state index in [4.69, 9.17) is 4.42 Å². The Hall–Kier alpha value is -2.11. The van der Waals surface area contributed by atoms with Gasteiger partial charge in [-0.05, 0) is 6.07 Å². The van der Waals surface area contributed by atoms with E-state index in [1.807, 2.05) is 6.92 Å². The monoisotopic (exact) mass is 220 g/mol. The zero-order chi connectivity index (χ0) is 11.4. The first-order valence-corrected chi connectivity index (χ1v) is 5.00. The third kappa shape index (κ3) is 2.10. The zero-order valence-corrected chi connectivity index (χ0v) is 8.86. The Morgan fingerprint density at radius 2 is 2.50 bits per heavy atom. The number of nitrogens with one attached hydrogen (secondary N) is 2. The van der Waals surface area contributed by atoms with Gasteiger partial charge in [0.25, 0.3) is 5.91 Å². The molecule has 0 aliphatic carbocycles. The Balaban J connectivity index is 1.98. The fourth-order valence-corrected chi connectivity index (χ4v) is 1.39. The van der Waals surface area contributed by atoms with Crippen LogP contribution in [0.25, 0.3) is 0 Å². The predicted molar refractivity (Wildman–Crippen MR) is 55.6 cm³/mol. The van der Waals surface area contributed by atoms with Crippen LogP contribution in [0, 0.1) is 0 Å². The van der Waals surface area contributed by atoms with Crippen LogP contribution in [-0.2, 0) is 13.0 Å². The van der Waals surface area contributed by atoms with Gasteiger partial charge in [0.05, 0.1) is 18.4 Å². The van der Waals surface area contributed by atoms with Gasteiger partial charge in [0.2, 0.25) is 0 Å². The number of aromatic amines is 1. The molecule has 0 radical (unpaired) electrons. The topological polar surface area (TPSA) is 83.8 Å². The second kappa shape index (κ2) is 4.61. The van der Waals surface area contributed by atoms with Crippen molar-refractivity contribution in [1.29, 1.82) is 0 Å². The molecule has 0 saturated heterocycles. The number of hydrogen-bond acceptors (Lipinski definition) is 4. The summed E-state index contributed by atoms with van der Waals surface area (Å²) in [6.07, 6.45) is 3.61. The second-order valence-electron chi connectivity index (χ2n) is 3.23. The van der Waals surface area contributed by atoms with Crippen molar-refractivity contribution in [3.05, 3.63) is 35.8 Å². The van der Waals surface area contributed by atoms with Crippen LogP contribution >= 0.6 is 0 Å². The fraction of sp³-hybridized carbons (Fsp3) is 0.300. The Morgan fingerprint density at radius 1 is 1.62 bits per heavy atom. The maximum absolute atomic E-state index is 11.7. The lowest BCUT2D eigenvalue weighted by molar-refractivity contribution is 0.0948. The molecule has 0 aromatic carbocycles. The van der Waals surface area contributed by atoms with Crippen molar-refractivity contribution in [2.75, 3.05) is 0 Å². The number of furan rings is 1. The summed E-state index contributed by atoms with van der Waals surface area (Å²) in [5.74, 6) is 1.15. The highest BCUT2D eigenvalue weighted by Crippen LogP contribution is 2.10. The zero-order valence-electron chi connectivity index (χ0n) is 8.86. The molecule has 0 atom stereocenters. The molecule has 84 valence electrons. The van der Waals surface area contributed by atoms with Gasteiger partial charge >= 0.3 is 0 Å². The summed E-state index contributed by atoms with van der Waals surface area (Å²) < 4.78 is 5.18. The molecule has 2 rings (SSSR count). The van der Waals surface area contributed by atoms with Crippen LogP contribution in [0.3, 0.4) is 0 Å². The second-order valence-corrected chi connectivity index (χ2v) is 3.23. The van der Waals surface area contributed by atoms with Gasteiger partial charge in [-0.15, -0.1) is 0 Å². The van der Waals surface area contributed by atoms with Crippen molar-refractivity contribution in [2.24, 2.45) is 0 Å². The molecule has 0 unspecified atom stereocenters. The summed E-state index contributed by atoms with van der Waals surface area (Å²) in [5, 5.41) is 9.09. The standard InChI is InChI=1S/C10H12N4O2/c1-2-8-7(3-4-16-8)10(15)11-5-9-12-6-13-14-9/h3-4,6H,2,5H2,1H3,(H,11,15)(H,12,13,14). The molecule has 0 fully saturated rings. The molecule has 2 N–H and O–H groups in total. The molecule has 2 heterocycles. The smallest absolute Gasteiger partial charge is 0.255 e. The maximum Gasteiger partial charge on any atom is 0.255 e. The number of rotatable bonds is 4. The first-order chi connectivity index (χ1) is 7.81.